The van der Waals surface area contributed by atoms with E-state index in [4.69, 9.17) is 0 Å². The summed E-state index contributed by atoms with van der Waals surface area (Å²) in [7, 11) is 2.23. The third kappa shape index (κ3) is 1.96. The quantitative estimate of drug-likeness (QED) is 0.671. The van der Waals surface area contributed by atoms with Crippen molar-refractivity contribution in [2.24, 2.45) is 0 Å². The number of hydrogen-bond donors (Lipinski definition) is 1. The fourth-order valence-corrected chi connectivity index (χ4v) is 5.16. The molecule has 0 amide bonds. The first-order valence-corrected chi connectivity index (χ1v) is 9.01. The molecule has 2 saturated heterocycles. The molecular formula is C22H23NO. The van der Waals surface area contributed by atoms with Gasteiger partial charge in [-0.05, 0) is 65.9 Å². The molecule has 0 radical (unpaired) electrons. The Morgan fingerprint density at radius 1 is 0.875 bits per heavy atom. The van der Waals surface area contributed by atoms with Gasteiger partial charge in [0, 0.05) is 12.1 Å². The highest BCUT2D eigenvalue weighted by atomic mass is 16.3. The first-order chi connectivity index (χ1) is 11.7. The van der Waals surface area contributed by atoms with Gasteiger partial charge in [0.1, 0.15) is 0 Å². The summed E-state index contributed by atoms with van der Waals surface area (Å²) in [6.07, 6.45) is 4.12. The molecule has 2 atom stereocenters. The van der Waals surface area contributed by atoms with Gasteiger partial charge in [-0.1, -0.05) is 48.5 Å². The lowest BCUT2D eigenvalue weighted by molar-refractivity contribution is -0.0471. The molecule has 3 aromatic carbocycles. The maximum Gasteiger partial charge on any atom is 0.0938 e. The predicted molar refractivity (Wildman–Crippen MR) is 99.2 cm³/mol. The largest absolute Gasteiger partial charge is 0.385 e. The molecule has 2 heterocycles. The van der Waals surface area contributed by atoms with Gasteiger partial charge in [0.25, 0.3) is 0 Å². The molecule has 122 valence electrons. The number of hydrogen-bond acceptors (Lipinski definition) is 2. The summed E-state index contributed by atoms with van der Waals surface area (Å²) in [5.41, 5.74) is 0.430. The van der Waals surface area contributed by atoms with E-state index in [0.29, 0.717) is 12.1 Å². The SMILES string of the molecule is CN1C2CCC1CC(O)(c1c3ccccc3cc3ccccc13)C2. The summed E-state index contributed by atoms with van der Waals surface area (Å²) in [5.74, 6) is 0. The molecule has 0 aromatic heterocycles. The van der Waals surface area contributed by atoms with E-state index in [1.807, 2.05) is 0 Å². The van der Waals surface area contributed by atoms with Gasteiger partial charge in [0.15, 0.2) is 0 Å². The lowest BCUT2D eigenvalue weighted by Crippen LogP contribution is -2.47. The highest BCUT2D eigenvalue weighted by Gasteiger charge is 2.47. The average Bonchev–Trinajstić information content (AvgIpc) is 2.82. The average molecular weight is 317 g/mol. The van der Waals surface area contributed by atoms with Crippen LogP contribution < -0.4 is 0 Å². The summed E-state index contributed by atoms with van der Waals surface area (Å²) >= 11 is 0. The molecule has 5 rings (SSSR count). The van der Waals surface area contributed by atoms with Gasteiger partial charge < -0.3 is 10.0 Å². The van der Waals surface area contributed by atoms with Crippen LogP contribution in [0.2, 0.25) is 0 Å². The van der Waals surface area contributed by atoms with Gasteiger partial charge >= 0.3 is 0 Å². The highest BCUT2D eigenvalue weighted by molar-refractivity contribution is 6.03. The van der Waals surface area contributed by atoms with Crippen LogP contribution in [-0.2, 0) is 5.60 Å². The molecule has 2 heteroatoms. The van der Waals surface area contributed by atoms with Crippen LogP contribution in [0.5, 0.6) is 0 Å². The van der Waals surface area contributed by atoms with Crippen LogP contribution in [0.1, 0.15) is 31.2 Å². The molecular weight excluding hydrogens is 294 g/mol. The third-order valence-corrected chi connectivity index (χ3v) is 6.37. The van der Waals surface area contributed by atoms with Crippen molar-refractivity contribution in [1.29, 1.82) is 0 Å². The third-order valence-electron chi connectivity index (χ3n) is 6.37. The number of piperidine rings is 1. The van der Waals surface area contributed by atoms with Crippen molar-refractivity contribution in [3.8, 4) is 0 Å². The molecule has 2 bridgehead atoms. The summed E-state index contributed by atoms with van der Waals surface area (Å²) in [6, 6.07) is 20.3. The van der Waals surface area contributed by atoms with E-state index in [1.54, 1.807) is 0 Å². The van der Waals surface area contributed by atoms with Crippen LogP contribution in [0, 0.1) is 0 Å². The first kappa shape index (κ1) is 14.4. The molecule has 2 nitrogen and oxygen atoms in total. The molecule has 2 aliphatic rings. The standard InChI is InChI=1S/C22H23NO/c1-23-17-10-11-18(23)14-22(24,13-17)21-19-8-4-2-6-15(19)12-16-7-3-5-9-20(16)21/h2-9,12,17-18,24H,10-11,13-14H2,1H3. The minimum atomic E-state index is -0.723. The smallest absolute Gasteiger partial charge is 0.0938 e. The number of nitrogens with zero attached hydrogens (tertiary/aromatic N) is 1. The van der Waals surface area contributed by atoms with Gasteiger partial charge in [-0.2, -0.15) is 0 Å². The summed E-state index contributed by atoms with van der Waals surface area (Å²) in [5, 5.41) is 16.7. The Morgan fingerprint density at radius 2 is 1.38 bits per heavy atom. The number of fused-ring (bicyclic) bond motifs is 4. The van der Waals surface area contributed by atoms with Crippen LogP contribution in [0.15, 0.2) is 54.6 Å². The van der Waals surface area contributed by atoms with E-state index in [0.717, 1.165) is 18.4 Å². The van der Waals surface area contributed by atoms with Gasteiger partial charge in [0.05, 0.1) is 5.60 Å². The van der Waals surface area contributed by atoms with Crippen molar-refractivity contribution in [3.63, 3.8) is 0 Å². The van der Waals surface area contributed by atoms with Crippen LogP contribution >= 0.6 is 0 Å². The zero-order valence-electron chi connectivity index (χ0n) is 14.1. The Bertz CT molecular complexity index is 864. The van der Waals surface area contributed by atoms with E-state index in [2.05, 4.69) is 66.5 Å². The van der Waals surface area contributed by atoms with Crippen molar-refractivity contribution in [3.05, 3.63) is 60.2 Å². The molecule has 2 fully saturated rings. The Kier molecular flexibility index (Phi) is 3.04. The number of rotatable bonds is 1. The second-order valence-electron chi connectivity index (χ2n) is 7.68. The van der Waals surface area contributed by atoms with Crippen molar-refractivity contribution in [2.75, 3.05) is 7.05 Å². The van der Waals surface area contributed by atoms with E-state index < -0.39 is 5.60 Å². The summed E-state index contributed by atoms with van der Waals surface area (Å²) in [4.78, 5) is 2.49. The maximum atomic E-state index is 11.8. The van der Waals surface area contributed by atoms with Crippen LogP contribution in [0.25, 0.3) is 21.5 Å². The Hall–Kier alpha value is -1.90. The molecule has 0 spiro atoms. The van der Waals surface area contributed by atoms with Gasteiger partial charge in [-0.3, -0.25) is 0 Å². The number of benzene rings is 3. The molecule has 3 aromatic rings. The Labute approximate surface area is 142 Å². The minimum absolute atomic E-state index is 0.506. The maximum absolute atomic E-state index is 11.8. The van der Waals surface area contributed by atoms with Crippen molar-refractivity contribution in [1.82, 2.24) is 4.90 Å². The highest BCUT2D eigenvalue weighted by Crippen LogP contribution is 2.48. The number of aliphatic hydroxyl groups is 1. The second kappa shape index (κ2) is 5.05. The van der Waals surface area contributed by atoms with E-state index in [-0.39, 0.29) is 0 Å². The fraction of sp³-hybridized carbons (Fsp3) is 0.364. The molecule has 2 aliphatic heterocycles. The van der Waals surface area contributed by atoms with Crippen LogP contribution in [0.4, 0.5) is 0 Å². The van der Waals surface area contributed by atoms with Crippen molar-refractivity contribution < 1.29 is 5.11 Å². The molecule has 1 N–H and O–H groups in total. The van der Waals surface area contributed by atoms with E-state index >= 15 is 0 Å². The van der Waals surface area contributed by atoms with E-state index in [1.165, 1.54) is 34.4 Å². The lowest BCUT2D eigenvalue weighted by atomic mass is 9.76. The predicted octanol–water partition coefficient (Wildman–Crippen LogP) is 4.44. The second-order valence-corrected chi connectivity index (χ2v) is 7.68. The van der Waals surface area contributed by atoms with E-state index in [9.17, 15) is 5.11 Å². The Balaban J connectivity index is 1.81. The molecule has 0 aliphatic carbocycles. The van der Waals surface area contributed by atoms with Crippen molar-refractivity contribution in [2.45, 2.75) is 43.4 Å². The summed E-state index contributed by atoms with van der Waals surface area (Å²) in [6.45, 7) is 0. The minimum Gasteiger partial charge on any atom is -0.385 e. The molecule has 0 saturated carbocycles. The zero-order valence-corrected chi connectivity index (χ0v) is 14.1. The van der Waals surface area contributed by atoms with Gasteiger partial charge in [0.2, 0.25) is 0 Å². The van der Waals surface area contributed by atoms with Crippen LogP contribution in [0.3, 0.4) is 0 Å². The molecule has 24 heavy (non-hydrogen) atoms. The normalized spacial score (nSPS) is 30.2. The molecule has 2 unspecified atom stereocenters. The monoisotopic (exact) mass is 317 g/mol. The Morgan fingerprint density at radius 3 is 1.92 bits per heavy atom. The zero-order chi connectivity index (χ0) is 16.3. The lowest BCUT2D eigenvalue weighted by Gasteiger charge is -2.43. The van der Waals surface area contributed by atoms with Crippen molar-refractivity contribution >= 4 is 21.5 Å². The topological polar surface area (TPSA) is 23.5 Å². The first-order valence-electron chi connectivity index (χ1n) is 9.01. The van der Waals surface area contributed by atoms with Crippen LogP contribution in [-0.4, -0.2) is 29.1 Å². The summed E-state index contributed by atoms with van der Waals surface area (Å²) < 4.78 is 0. The van der Waals surface area contributed by atoms with Gasteiger partial charge in [-0.25, -0.2) is 0 Å². The fourth-order valence-electron chi connectivity index (χ4n) is 5.16. The van der Waals surface area contributed by atoms with Gasteiger partial charge in [-0.15, -0.1) is 0 Å².